The Kier molecular flexibility index (Phi) is 3.93. The van der Waals surface area contributed by atoms with Gasteiger partial charge in [0.15, 0.2) is 0 Å². The Labute approximate surface area is 115 Å². The number of rotatable bonds is 5. The number of nitrogens with zero attached hydrogens (tertiary/aromatic N) is 1. The number of methoxy groups -OCH3 is 1. The lowest BCUT2D eigenvalue weighted by molar-refractivity contribution is 0.420. The molecule has 2 aromatic rings. The summed E-state index contributed by atoms with van der Waals surface area (Å²) in [6.07, 6.45) is 4.08. The van der Waals surface area contributed by atoms with E-state index in [9.17, 15) is 0 Å². The summed E-state index contributed by atoms with van der Waals surface area (Å²) in [6.45, 7) is 6.61. The summed E-state index contributed by atoms with van der Waals surface area (Å²) in [5, 5.41) is 5.74. The lowest BCUT2D eigenvalue weighted by Gasteiger charge is -2.27. The van der Waals surface area contributed by atoms with Crippen molar-refractivity contribution in [2.45, 2.75) is 39.2 Å². The molecule has 0 radical (unpaired) electrons. The zero-order chi connectivity index (χ0) is 13.9. The van der Waals surface area contributed by atoms with Gasteiger partial charge in [0.1, 0.15) is 11.6 Å². The Morgan fingerprint density at radius 3 is 2.68 bits per heavy atom. The number of benzene rings is 1. The fourth-order valence-corrected chi connectivity index (χ4v) is 2.46. The van der Waals surface area contributed by atoms with E-state index in [4.69, 9.17) is 4.74 Å². The molecule has 0 aliphatic heterocycles. The van der Waals surface area contributed by atoms with Gasteiger partial charge in [0.25, 0.3) is 0 Å². The molecule has 0 amide bonds. The van der Waals surface area contributed by atoms with E-state index in [1.54, 1.807) is 7.11 Å². The highest BCUT2D eigenvalue weighted by atomic mass is 16.5. The van der Waals surface area contributed by atoms with Crippen LogP contribution in [-0.2, 0) is 0 Å². The quantitative estimate of drug-likeness (QED) is 0.871. The van der Waals surface area contributed by atoms with Crippen molar-refractivity contribution in [3.63, 3.8) is 0 Å². The molecule has 2 rings (SSSR count). The van der Waals surface area contributed by atoms with Crippen LogP contribution in [0.15, 0.2) is 30.5 Å². The molecule has 0 unspecified atom stereocenters. The molecule has 1 aromatic heterocycles. The monoisotopic (exact) mass is 258 g/mol. The third-order valence-corrected chi connectivity index (χ3v) is 3.32. The molecule has 0 atom stereocenters. The van der Waals surface area contributed by atoms with Crippen LogP contribution >= 0.6 is 0 Å². The normalized spacial score (nSPS) is 11.6. The number of hydrogen-bond acceptors (Lipinski definition) is 3. The fraction of sp³-hybridized carbons (Fsp3) is 0.438. The van der Waals surface area contributed by atoms with Crippen LogP contribution in [0.3, 0.4) is 0 Å². The van der Waals surface area contributed by atoms with Crippen molar-refractivity contribution in [1.29, 1.82) is 0 Å². The summed E-state index contributed by atoms with van der Waals surface area (Å²) in [7, 11) is 1.70. The maximum absolute atomic E-state index is 5.40. The van der Waals surface area contributed by atoms with Crippen LogP contribution < -0.4 is 10.1 Å². The second-order valence-corrected chi connectivity index (χ2v) is 5.47. The third-order valence-electron chi connectivity index (χ3n) is 3.32. The Morgan fingerprint density at radius 1 is 1.21 bits per heavy atom. The van der Waals surface area contributed by atoms with Crippen LogP contribution in [0.4, 0.5) is 5.82 Å². The molecule has 0 aliphatic carbocycles. The molecule has 3 heteroatoms. The predicted molar refractivity (Wildman–Crippen MR) is 80.9 cm³/mol. The molecule has 19 heavy (non-hydrogen) atoms. The number of pyridine rings is 1. The molecule has 0 saturated heterocycles. The zero-order valence-corrected chi connectivity index (χ0v) is 12.2. The van der Waals surface area contributed by atoms with Crippen LogP contribution in [0.25, 0.3) is 10.8 Å². The van der Waals surface area contributed by atoms with Gasteiger partial charge in [-0.05, 0) is 32.4 Å². The molecule has 1 N–H and O–H groups in total. The van der Waals surface area contributed by atoms with Crippen molar-refractivity contribution in [2.75, 3.05) is 12.4 Å². The summed E-state index contributed by atoms with van der Waals surface area (Å²) in [4.78, 5) is 4.48. The van der Waals surface area contributed by atoms with E-state index in [1.807, 2.05) is 24.4 Å². The summed E-state index contributed by atoms with van der Waals surface area (Å²) < 4.78 is 5.40. The van der Waals surface area contributed by atoms with Crippen molar-refractivity contribution < 1.29 is 4.74 Å². The maximum Gasteiger partial charge on any atom is 0.134 e. The summed E-state index contributed by atoms with van der Waals surface area (Å²) in [5.41, 5.74) is 0.0408. The predicted octanol–water partition coefficient (Wildman–Crippen LogP) is 4.23. The highest BCUT2D eigenvalue weighted by Gasteiger charge is 2.18. The van der Waals surface area contributed by atoms with Gasteiger partial charge in [-0.1, -0.05) is 25.5 Å². The van der Waals surface area contributed by atoms with Crippen LogP contribution in [-0.4, -0.2) is 17.6 Å². The van der Waals surface area contributed by atoms with E-state index in [1.165, 1.54) is 0 Å². The van der Waals surface area contributed by atoms with Gasteiger partial charge in [0.05, 0.1) is 7.11 Å². The molecule has 1 heterocycles. The standard InChI is InChI=1S/C16H22N2O/c1-5-10-16(2,3)18-15-13-7-6-8-14(19-4)12(13)9-11-17-15/h6-9,11H,5,10H2,1-4H3,(H,17,18). The average Bonchev–Trinajstić information content (AvgIpc) is 2.38. The van der Waals surface area contributed by atoms with Crippen LogP contribution in [0, 0.1) is 0 Å². The van der Waals surface area contributed by atoms with Gasteiger partial charge in [0.2, 0.25) is 0 Å². The van der Waals surface area contributed by atoms with Crippen molar-refractivity contribution >= 4 is 16.6 Å². The van der Waals surface area contributed by atoms with Crippen molar-refractivity contribution in [3.8, 4) is 5.75 Å². The smallest absolute Gasteiger partial charge is 0.134 e. The molecule has 0 fully saturated rings. The number of ether oxygens (including phenoxy) is 1. The second kappa shape index (κ2) is 5.47. The first-order valence-corrected chi connectivity index (χ1v) is 6.77. The van der Waals surface area contributed by atoms with Gasteiger partial charge in [-0.3, -0.25) is 0 Å². The van der Waals surface area contributed by atoms with Gasteiger partial charge >= 0.3 is 0 Å². The molecular formula is C16H22N2O. The van der Waals surface area contributed by atoms with Crippen molar-refractivity contribution in [1.82, 2.24) is 4.98 Å². The first-order valence-electron chi connectivity index (χ1n) is 6.77. The van der Waals surface area contributed by atoms with Gasteiger partial charge in [-0.25, -0.2) is 4.98 Å². The molecule has 0 spiro atoms. The highest BCUT2D eigenvalue weighted by molar-refractivity contribution is 5.96. The Morgan fingerprint density at radius 2 is 2.00 bits per heavy atom. The van der Waals surface area contributed by atoms with Gasteiger partial charge in [0, 0.05) is 22.5 Å². The fourth-order valence-electron chi connectivity index (χ4n) is 2.46. The van der Waals surface area contributed by atoms with Crippen molar-refractivity contribution in [2.24, 2.45) is 0 Å². The topological polar surface area (TPSA) is 34.2 Å². The lowest BCUT2D eigenvalue weighted by atomic mass is 9.98. The second-order valence-electron chi connectivity index (χ2n) is 5.47. The molecule has 102 valence electrons. The van der Waals surface area contributed by atoms with E-state index >= 15 is 0 Å². The Hall–Kier alpha value is -1.77. The Bertz CT molecular complexity index is 564. The minimum Gasteiger partial charge on any atom is -0.496 e. The summed E-state index contributed by atoms with van der Waals surface area (Å²) in [6, 6.07) is 8.05. The summed E-state index contributed by atoms with van der Waals surface area (Å²) in [5.74, 6) is 1.81. The van der Waals surface area contributed by atoms with Gasteiger partial charge < -0.3 is 10.1 Å². The van der Waals surface area contributed by atoms with Crippen molar-refractivity contribution in [3.05, 3.63) is 30.5 Å². The lowest BCUT2D eigenvalue weighted by Crippen LogP contribution is -2.31. The first kappa shape index (κ1) is 13.7. The third kappa shape index (κ3) is 2.98. The largest absolute Gasteiger partial charge is 0.496 e. The van der Waals surface area contributed by atoms with E-state index in [-0.39, 0.29) is 5.54 Å². The molecule has 0 saturated carbocycles. The number of fused-ring (bicyclic) bond motifs is 1. The maximum atomic E-state index is 5.40. The van der Waals surface area contributed by atoms with Crippen LogP contribution in [0.1, 0.15) is 33.6 Å². The van der Waals surface area contributed by atoms with E-state index in [0.29, 0.717) is 0 Å². The minimum atomic E-state index is 0.0408. The first-order chi connectivity index (χ1) is 9.07. The van der Waals surface area contributed by atoms with Crippen LogP contribution in [0.2, 0.25) is 0 Å². The van der Waals surface area contributed by atoms with Gasteiger partial charge in [-0.2, -0.15) is 0 Å². The molecule has 0 bridgehead atoms. The molecule has 3 nitrogen and oxygen atoms in total. The minimum absolute atomic E-state index is 0.0408. The zero-order valence-electron chi connectivity index (χ0n) is 12.2. The number of hydrogen-bond donors (Lipinski definition) is 1. The highest BCUT2D eigenvalue weighted by Crippen LogP contribution is 2.30. The molecule has 1 aromatic carbocycles. The van der Waals surface area contributed by atoms with E-state index in [0.717, 1.165) is 35.2 Å². The van der Waals surface area contributed by atoms with E-state index in [2.05, 4.69) is 37.1 Å². The number of nitrogens with one attached hydrogen (secondary N) is 1. The number of aromatic nitrogens is 1. The number of anilines is 1. The molecular weight excluding hydrogens is 236 g/mol. The summed E-state index contributed by atoms with van der Waals surface area (Å²) >= 11 is 0. The average molecular weight is 258 g/mol. The van der Waals surface area contributed by atoms with Crippen LogP contribution in [0.5, 0.6) is 5.75 Å². The Balaban J connectivity index is 2.44. The van der Waals surface area contributed by atoms with Gasteiger partial charge in [-0.15, -0.1) is 0 Å². The van der Waals surface area contributed by atoms with E-state index < -0.39 is 0 Å². The molecule has 0 aliphatic rings. The SMILES string of the molecule is CCCC(C)(C)Nc1nccc2c(OC)cccc12.